The number of hydrogen-bond donors (Lipinski definition) is 0. The number of carbonyl (C=O) groups excluding carboxylic acids is 1. The molecule has 1 fully saturated rings. The van der Waals surface area contributed by atoms with E-state index >= 15 is 0 Å². The Labute approximate surface area is 182 Å². The van der Waals surface area contributed by atoms with E-state index in [9.17, 15) is 21.6 Å². The van der Waals surface area contributed by atoms with Crippen LogP contribution in [0.1, 0.15) is 5.56 Å². The number of ether oxygens (including phenoxy) is 2. The number of rotatable bonds is 8. The van der Waals surface area contributed by atoms with Crippen LogP contribution in [0, 0.1) is 0 Å². The summed E-state index contributed by atoms with van der Waals surface area (Å²) in [5, 5.41) is 0. The van der Waals surface area contributed by atoms with Crippen molar-refractivity contribution in [2.75, 3.05) is 40.0 Å². The lowest BCUT2D eigenvalue weighted by Crippen LogP contribution is -2.40. The number of nitrogens with zero attached hydrogens (tertiary/aromatic N) is 2. The van der Waals surface area contributed by atoms with Crippen molar-refractivity contribution in [2.24, 2.45) is 0 Å². The molecule has 0 aliphatic carbocycles. The van der Waals surface area contributed by atoms with Crippen molar-refractivity contribution < 1.29 is 31.1 Å². The van der Waals surface area contributed by atoms with Gasteiger partial charge in [-0.25, -0.2) is 16.8 Å². The topological polar surface area (TPSA) is 110 Å². The number of morpholine rings is 1. The van der Waals surface area contributed by atoms with E-state index in [4.69, 9.17) is 4.74 Å². The Morgan fingerprint density at radius 3 is 2.13 bits per heavy atom. The van der Waals surface area contributed by atoms with Gasteiger partial charge in [0.15, 0.2) is 0 Å². The van der Waals surface area contributed by atoms with Crippen molar-refractivity contribution in [2.45, 2.75) is 16.3 Å². The molecular formula is C20H24N2O7S2. The van der Waals surface area contributed by atoms with Gasteiger partial charge in [-0.15, -0.1) is 0 Å². The van der Waals surface area contributed by atoms with E-state index in [2.05, 4.69) is 4.74 Å². The van der Waals surface area contributed by atoms with Crippen LogP contribution in [-0.4, -0.2) is 71.4 Å². The molecular weight excluding hydrogens is 444 g/mol. The number of sulfonamides is 2. The molecule has 0 N–H and O–H groups in total. The molecule has 1 aliphatic rings. The monoisotopic (exact) mass is 468 g/mol. The Hall–Kier alpha value is -2.31. The third kappa shape index (κ3) is 5.49. The van der Waals surface area contributed by atoms with Crippen LogP contribution in [-0.2, 0) is 40.9 Å². The fourth-order valence-corrected chi connectivity index (χ4v) is 5.87. The predicted molar refractivity (Wildman–Crippen MR) is 112 cm³/mol. The molecule has 0 amide bonds. The van der Waals surface area contributed by atoms with Gasteiger partial charge in [0.1, 0.15) is 6.54 Å². The van der Waals surface area contributed by atoms with E-state index in [0.29, 0.717) is 18.8 Å². The summed E-state index contributed by atoms with van der Waals surface area (Å²) in [4.78, 5) is 11.7. The van der Waals surface area contributed by atoms with E-state index in [1.165, 1.54) is 35.7 Å². The maximum absolute atomic E-state index is 13.2. The average molecular weight is 469 g/mol. The van der Waals surface area contributed by atoms with Crippen molar-refractivity contribution in [1.82, 2.24) is 8.61 Å². The van der Waals surface area contributed by atoms with Gasteiger partial charge in [-0.1, -0.05) is 30.3 Å². The van der Waals surface area contributed by atoms with Crippen LogP contribution < -0.4 is 0 Å². The molecule has 0 unspecified atom stereocenters. The lowest BCUT2D eigenvalue weighted by molar-refractivity contribution is -0.140. The first kappa shape index (κ1) is 23.4. The van der Waals surface area contributed by atoms with Gasteiger partial charge in [0, 0.05) is 19.6 Å². The number of benzene rings is 2. The zero-order valence-electron chi connectivity index (χ0n) is 17.0. The fraction of sp³-hybridized carbons (Fsp3) is 0.350. The minimum Gasteiger partial charge on any atom is -0.468 e. The van der Waals surface area contributed by atoms with E-state index in [1.54, 1.807) is 30.3 Å². The van der Waals surface area contributed by atoms with Crippen molar-refractivity contribution >= 4 is 26.0 Å². The number of esters is 1. The Morgan fingerprint density at radius 1 is 0.968 bits per heavy atom. The third-order valence-electron chi connectivity index (χ3n) is 4.80. The van der Waals surface area contributed by atoms with Crippen molar-refractivity contribution in [3.63, 3.8) is 0 Å². The summed E-state index contributed by atoms with van der Waals surface area (Å²) in [6.07, 6.45) is 0. The zero-order valence-corrected chi connectivity index (χ0v) is 18.6. The predicted octanol–water partition coefficient (Wildman–Crippen LogP) is 1.07. The van der Waals surface area contributed by atoms with Crippen LogP contribution in [0.5, 0.6) is 0 Å². The molecule has 0 spiro atoms. The first-order valence-corrected chi connectivity index (χ1v) is 12.4. The molecule has 9 nitrogen and oxygen atoms in total. The lowest BCUT2D eigenvalue weighted by atomic mass is 10.2. The van der Waals surface area contributed by atoms with Crippen LogP contribution in [0.4, 0.5) is 0 Å². The molecule has 2 aromatic carbocycles. The van der Waals surface area contributed by atoms with Crippen LogP contribution in [0.15, 0.2) is 64.4 Å². The summed E-state index contributed by atoms with van der Waals surface area (Å²) >= 11 is 0. The summed E-state index contributed by atoms with van der Waals surface area (Å²) in [6.45, 7) is 0.605. The van der Waals surface area contributed by atoms with Gasteiger partial charge in [-0.3, -0.25) is 4.79 Å². The van der Waals surface area contributed by atoms with Crippen molar-refractivity contribution in [1.29, 1.82) is 0 Å². The summed E-state index contributed by atoms with van der Waals surface area (Å²) in [7, 11) is -6.65. The molecule has 0 atom stereocenters. The first-order chi connectivity index (χ1) is 14.7. The van der Waals surface area contributed by atoms with Crippen molar-refractivity contribution in [3.8, 4) is 0 Å². The second-order valence-electron chi connectivity index (χ2n) is 6.82. The van der Waals surface area contributed by atoms with Gasteiger partial charge in [0.05, 0.1) is 30.1 Å². The Morgan fingerprint density at radius 2 is 1.55 bits per heavy atom. The van der Waals surface area contributed by atoms with Crippen LogP contribution >= 0.6 is 0 Å². The van der Waals surface area contributed by atoms with Gasteiger partial charge in [-0.2, -0.15) is 8.61 Å². The molecule has 0 aromatic heterocycles. The summed E-state index contributed by atoms with van der Waals surface area (Å²) in [5.74, 6) is -0.703. The molecule has 3 rings (SSSR count). The van der Waals surface area contributed by atoms with Gasteiger partial charge in [0.25, 0.3) is 0 Å². The number of hydrogen-bond acceptors (Lipinski definition) is 7. The highest BCUT2D eigenvalue weighted by atomic mass is 32.2. The molecule has 11 heteroatoms. The molecule has 2 aromatic rings. The Bertz CT molecular complexity index is 1100. The first-order valence-electron chi connectivity index (χ1n) is 9.54. The zero-order chi connectivity index (χ0) is 22.5. The SMILES string of the molecule is COC(=O)CN(Cc1ccccc1)S(=O)(=O)c1ccc(S(=O)(=O)N2CCOCC2)cc1. The standard InChI is InChI=1S/C20H24N2O7S2/c1-28-20(23)16-22(15-17-5-3-2-4-6-17)31(26,27)19-9-7-18(8-10-19)30(24,25)21-11-13-29-14-12-21/h2-10H,11-16H2,1H3. The third-order valence-corrected chi connectivity index (χ3v) is 8.52. The molecule has 0 bridgehead atoms. The number of methoxy groups -OCH3 is 1. The van der Waals surface area contributed by atoms with E-state index < -0.39 is 32.6 Å². The van der Waals surface area contributed by atoms with Crippen molar-refractivity contribution in [3.05, 3.63) is 60.2 Å². The molecule has 1 aliphatic heterocycles. The number of carbonyl (C=O) groups is 1. The van der Waals surface area contributed by atoms with E-state index in [0.717, 1.165) is 4.31 Å². The highest BCUT2D eigenvalue weighted by Crippen LogP contribution is 2.23. The Balaban J connectivity index is 1.88. The highest BCUT2D eigenvalue weighted by Gasteiger charge is 2.30. The van der Waals surface area contributed by atoms with E-state index in [1.807, 2.05) is 0 Å². The molecule has 0 radical (unpaired) electrons. The smallest absolute Gasteiger partial charge is 0.321 e. The van der Waals surface area contributed by atoms with Gasteiger partial charge in [-0.05, 0) is 29.8 Å². The molecule has 0 saturated carbocycles. The fourth-order valence-electron chi connectivity index (χ4n) is 3.09. The minimum atomic E-state index is -4.09. The maximum Gasteiger partial charge on any atom is 0.321 e. The van der Waals surface area contributed by atoms with Crippen LogP contribution in [0.2, 0.25) is 0 Å². The quantitative estimate of drug-likeness (QED) is 0.533. The van der Waals surface area contributed by atoms with Crippen LogP contribution in [0.3, 0.4) is 0 Å². The second-order valence-corrected chi connectivity index (χ2v) is 10.7. The van der Waals surface area contributed by atoms with E-state index in [-0.39, 0.29) is 29.4 Å². The second kappa shape index (κ2) is 9.88. The highest BCUT2D eigenvalue weighted by molar-refractivity contribution is 7.89. The van der Waals surface area contributed by atoms with Gasteiger partial charge >= 0.3 is 5.97 Å². The minimum absolute atomic E-state index is 0.00377. The summed E-state index contributed by atoms with van der Waals surface area (Å²) in [6, 6.07) is 13.8. The van der Waals surface area contributed by atoms with Gasteiger partial charge < -0.3 is 9.47 Å². The molecule has 1 saturated heterocycles. The summed E-state index contributed by atoms with van der Waals surface area (Å²) in [5.41, 5.74) is 0.696. The maximum atomic E-state index is 13.2. The molecule has 168 valence electrons. The average Bonchev–Trinajstić information content (AvgIpc) is 2.80. The molecule has 1 heterocycles. The van der Waals surface area contributed by atoms with Gasteiger partial charge in [0.2, 0.25) is 20.0 Å². The molecule has 31 heavy (non-hydrogen) atoms. The Kier molecular flexibility index (Phi) is 7.44. The normalized spacial score (nSPS) is 15.7. The van der Waals surface area contributed by atoms with Crippen LogP contribution in [0.25, 0.3) is 0 Å². The summed E-state index contributed by atoms with van der Waals surface area (Å²) < 4.78 is 64.0. The lowest BCUT2D eigenvalue weighted by Gasteiger charge is -2.26. The largest absolute Gasteiger partial charge is 0.468 e.